The number of aromatic carboxylic acids is 1. The molecule has 2 aromatic rings. The fourth-order valence-corrected chi connectivity index (χ4v) is 5.40. The van der Waals surface area contributed by atoms with E-state index >= 15 is 0 Å². The van der Waals surface area contributed by atoms with Crippen LogP contribution in [-0.4, -0.2) is 107 Å². The summed E-state index contributed by atoms with van der Waals surface area (Å²) < 4.78 is 5.41. The highest BCUT2D eigenvalue weighted by Crippen LogP contribution is 2.29. The molecule has 13 nitrogen and oxygen atoms in total. The lowest BCUT2D eigenvalue weighted by Crippen LogP contribution is -2.51. The molecule has 2 aromatic heterocycles. The molecule has 0 radical (unpaired) electrons. The molecule has 0 aliphatic carbocycles. The molecule has 14 heteroatoms. The minimum atomic E-state index is -1.00. The number of piperazine rings is 1. The zero-order valence-corrected chi connectivity index (χ0v) is 24.3. The number of hydrazine groups is 1. The van der Waals surface area contributed by atoms with Gasteiger partial charge in [0.25, 0.3) is 0 Å². The molecule has 1 amide bonds. The number of thiazole rings is 1. The first-order chi connectivity index (χ1) is 18.4. The first-order valence-electron chi connectivity index (χ1n) is 13.2. The molecule has 0 bridgehead atoms. The monoisotopic (exact) mass is 561 g/mol. The number of aromatic nitrogens is 3. The minimum Gasteiger partial charge on any atom is -0.477 e. The maximum atomic E-state index is 12.2. The maximum absolute atomic E-state index is 12.2. The standard InChI is InChI=1S/C25H39N9O4S/c1-16-20(21(35)36)39-23(26-16)30-22-28-18(15-19(29-22)33-11-13-34(14-12-33)31(5)6)32-9-7-17(8-10-32)27-24(37)38-25(2,3)4/h15,17H,7-14H2,1-6H3,(H,27,37)(H,35,36)(H,26,28,29,30). The topological polar surface area (TPSA) is 139 Å². The number of carbonyl (C=O) groups is 2. The Morgan fingerprint density at radius 3 is 2.13 bits per heavy atom. The number of nitrogens with zero attached hydrogens (tertiary/aromatic N) is 7. The Morgan fingerprint density at radius 2 is 1.62 bits per heavy atom. The summed E-state index contributed by atoms with van der Waals surface area (Å²) in [5.41, 5.74) is -0.0872. The third kappa shape index (κ3) is 7.67. The van der Waals surface area contributed by atoms with Crippen molar-refractivity contribution in [1.82, 2.24) is 30.3 Å². The summed E-state index contributed by atoms with van der Waals surface area (Å²) in [7, 11) is 4.09. The molecule has 3 N–H and O–H groups in total. The van der Waals surface area contributed by atoms with Gasteiger partial charge in [-0.05, 0) is 40.5 Å². The maximum Gasteiger partial charge on any atom is 0.407 e. The second-order valence-corrected chi connectivity index (χ2v) is 12.0. The number of ether oxygens (including phenoxy) is 1. The normalized spacial score (nSPS) is 17.4. The molecular formula is C25H39N9O4S. The van der Waals surface area contributed by atoms with Crippen LogP contribution in [-0.2, 0) is 4.74 Å². The van der Waals surface area contributed by atoms with Gasteiger partial charge >= 0.3 is 12.1 Å². The lowest BCUT2D eigenvalue weighted by Gasteiger charge is -2.39. The highest BCUT2D eigenvalue weighted by molar-refractivity contribution is 7.17. The summed E-state index contributed by atoms with van der Waals surface area (Å²) in [6, 6.07) is 2.04. The van der Waals surface area contributed by atoms with E-state index < -0.39 is 17.7 Å². The third-order valence-electron chi connectivity index (χ3n) is 6.59. The molecule has 0 atom stereocenters. The predicted molar refractivity (Wildman–Crippen MR) is 151 cm³/mol. The van der Waals surface area contributed by atoms with Crippen molar-refractivity contribution in [1.29, 1.82) is 0 Å². The minimum absolute atomic E-state index is 0.0295. The second kappa shape index (κ2) is 11.9. The summed E-state index contributed by atoms with van der Waals surface area (Å²) in [6.45, 7) is 12.0. The van der Waals surface area contributed by atoms with Crippen molar-refractivity contribution in [3.63, 3.8) is 0 Å². The zero-order valence-electron chi connectivity index (χ0n) is 23.5. The van der Waals surface area contributed by atoms with Crippen molar-refractivity contribution in [2.24, 2.45) is 0 Å². The fourth-order valence-electron chi connectivity index (χ4n) is 4.60. The van der Waals surface area contributed by atoms with Gasteiger partial charge in [0.15, 0.2) is 5.13 Å². The van der Waals surface area contributed by atoms with E-state index in [-0.39, 0.29) is 10.9 Å². The van der Waals surface area contributed by atoms with E-state index in [0.29, 0.717) is 29.9 Å². The van der Waals surface area contributed by atoms with Crippen molar-refractivity contribution in [2.75, 3.05) is 68.5 Å². The molecule has 39 heavy (non-hydrogen) atoms. The van der Waals surface area contributed by atoms with Gasteiger partial charge in [0.2, 0.25) is 5.95 Å². The van der Waals surface area contributed by atoms with Crippen LogP contribution in [0.25, 0.3) is 0 Å². The van der Waals surface area contributed by atoms with Crippen LogP contribution >= 0.6 is 11.3 Å². The Kier molecular flexibility index (Phi) is 8.76. The molecular weight excluding hydrogens is 522 g/mol. The Balaban J connectivity index is 1.51. The van der Waals surface area contributed by atoms with Crippen LogP contribution in [0.4, 0.5) is 27.5 Å². The SMILES string of the molecule is Cc1nc(Nc2nc(N3CCC(NC(=O)OC(C)(C)C)CC3)cc(N3CCN(N(C)C)CC3)n2)sc1C(=O)O. The third-order valence-corrected chi connectivity index (χ3v) is 7.66. The summed E-state index contributed by atoms with van der Waals surface area (Å²) >= 11 is 1.07. The van der Waals surface area contributed by atoms with Crippen molar-refractivity contribution in [2.45, 2.75) is 52.2 Å². The van der Waals surface area contributed by atoms with Crippen LogP contribution in [0.2, 0.25) is 0 Å². The van der Waals surface area contributed by atoms with Gasteiger partial charge in [0.1, 0.15) is 22.1 Å². The van der Waals surface area contributed by atoms with Crippen molar-refractivity contribution in [3.8, 4) is 0 Å². The highest BCUT2D eigenvalue weighted by atomic mass is 32.1. The van der Waals surface area contributed by atoms with Gasteiger partial charge in [-0.2, -0.15) is 9.97 Å². The largest absolute Gasteiger partial charge is 0.477 e. The lowest BCUT2D eigenvalue weighted by molar-refractivity contribution is 0.0200. The smallest absolute Gasteiger partial charge is 0.407 e. The summed E-state index contributed by atoms with van der Waals surface area (Å²) in [4.78, 5) is 42.3. The number of nitrogens with one attached hydrogen (secondary N) is 2. The number of alkyl carbamates (subject to hydrolysis) is 1. The second-order valence-electron chi connectivity index (χ2n) is 11.0. The Bertz CT molecular complexity index is 1170. The lowest BCUT2D eigenvalue weighted by atomic mass is 10.1. The van der Waals surface area contributed by atoms with Gasteiger partial charge in [0, 0.05) is 65.5 Å². The van der Waals surface area contributed by atoms with Gasteiger partial charge in [0.05, 0.1) is 5.69 Å². The number of piperidine rings is 1. The van der Waals surface area contributed by atoms with Crippen LogP contribution in [0.15, 0.2) is 6.07 Å². The van der Waals surface area contributed by atoms with Crippen LogP contribution in [0.1, 0.15) is 49.0 Å². The van der Waals surface area contributed by atoms with Crippen molar-refractivity contribution in [3.05, 3.63) is 16.6 Å². The highest BCUT2D eigenvalue weighted by Gasteiger charge is 2.26. The number of hydrogen-bond donors (Lipinski definition) is 3. The molecule has 0 saturated carbocycles. The Morgan fingerprint density at radius 1 is 1.03 bits per heavy atom. The molecule has 0 aromatic carbocycles. The average molecular weight is 562 g/mol. The van der Waals surface area contributed by atoms with Gasteiger partial charge in [-0.1, -0.05) is 11.3 Å². The average Bonchev–Trinajstić information content (AvgIpc) is 3.23. The van der Waals surface area contributed by atoms with E-state index in [9.17, 15) is 14.7 Å². The predicted octanol–water partition coefficient (Wildman–Crippen LogP) is 2.78. The first-order valence-corrected chi connectivity index (χ1v) is 14.0. The molecule has 4 rings (SSSR count). The van der Waals surface area contributed by atoms with Crippen molar-refractivity contribution >= 4 is 46.1 Å². The van der Waals surface area contributed by atoms with Crippen LogP contribution in [0.5, 0.6) is 0 Å². The van der Waals surface area contributed by atoms with Gasteiger partial charge in [-0.3, -0.25) is 5.32 Å². The van der Waals surface area contributed by atoms with Crippen LogP contribution in [0, 0.1) is 6.92 Å². The van der Waals surface area contributed by atoms with E-state index in [2.05, 4.69) is 35.4 Å². The Labute approximate surface area is 233 Å². The van der Waals surface area contributed by atoms with E-state index in [0.717, 1.165) is 62.0 Å². The Hall–Kier alpha value is -3.23. The summed E-state index contributed by atoms with van der Waals surface area (Å²) in [5.74, 6) is 0.953. The number of rotatable bonds is 7. The molecule has 0 unspecified atom stereocenters. The molecule has 0 spiro atoms. The van der Waals surface area contributed by atoms with E-state index in [1.54, 1.807) is 6.92 Å². The van der Waals surface area contributed by atoms with Crippen LogP contribution < -0.4 is 20.4 Å². The summed E-state index contributed by atoms with van der Waals surface area (Å²) in [5, 5.41) is 20.4. The van der Waals surface area contributed by atoms with E-state index in [1.165, 1.54) is 0 Å². The van der Waals surface area contributed by atoms with Gasteiger partial charge in [-0.15, -0.1) is 0 Å². The zero-order chi connectivity index (χ0) is 28.3. The molecule has 2 fully saturated rings. The first kappa shape index (κ1) is 28.8. The molecule has 2 aliphatic rings. The number of amides is 1. The van der Waals surface area contributed by atoms with E-state index in [4.69, 9.17) is 14.7 Å². The number of anilines is 4. The molecule has 214 valence electrons. The molecule has 2 saturated heterocycles. The van der Waals surface area contributed by atoms with Gasteiger partial charge < -0.3 is 25.0 Å². The number of carboxylic acid groups (broad SMARTS) is 1. The number of carbonyl (C=O) groups excluding carboxylic acids is 1. The molecule has 2 aliphatic heterocycles. The molecule has 4 heterocycles. The number of carboxylic acids is 1. The van der Waals surface area contributed by atoms with Gasteiger partial charge in [-0.25, -0.2) is 24.6 Å². The van der Waals surface area contributed by atoms with Crippen molar-refractivity contribution < 1.29 is 19.4 Å². The number of aryl methyl sites for hydroxylation is 1. The number of hydrogen-bond acceptors (Lipinski definition) is 12. The van der Waals surface area contributed by atoms with E-state index in [1.807, 2.05) is 40.9 Å². The quantitative estimate of drug-likeness (QED) is 0.458. The van der Waals surface area contributed by atoms with Crippen LogP contribution in [0.3, 0.4) is 0 Å². The fraction of sp³-hybridized carbons (Fsp3) is 0.640. The summed E-state index contributed by atoms with van der Waals surface area (Å²) in [6.07, 6.45) is 1.13.